The average Bonchev–Trinajstić information content (AvgIpc) is 3.33. The summed E-state index contributed by atoms with van der Waals surface area (Å²) in [7, 11) is -3.59. The van der Waals surface area contributed by atoms with Crippen LogP contribution in [0.5, 0.6) is 0 Å². The number of hydrogen-bond acceptors (Lipinski definition) is 6. The van der Waals surface area contributed by atoms with Crippen molar-refractivity contribution in [1.29, 1.82) is 0 Å². The standard InChI is InChI=1S/C25H30N4O4S/c1-4-20-7-9-21(10-8-20)25-26-23(33-27-25)11-12-24(30)28-13-15-29(16-14-28)34(31,32)22-17-18(2)5-6-19(22)3/h5-10,17H,4,11-16H2,1-3H3. The van der Waals surface area contributed by atoms with Crippen molar-refractivity contribution >= 4 is 15.9 Å². The molecule has 2 aromatic carbocycles. The number of rotatable bonds is 7. The van der Waals surface area contributed by atoms with Gasteiger partial charge in [0.25, 0.3) is 0 Å². The smallest absolute Gasteiger partial charge is 0.243 e. The van der Waals surface area contributed by atoms with Gasteiger partial charge in [-0.05, 0) is 43.0 Å². The SMILES string of the molecule is CCc1ccc(-c2noc(CCC(=O)N3CCN(S(=O)(=O)c4cc(C)ccc4C)CC3)n2)cc1. The molecule has 3 aromatic rings. The molecule has 9 heteroatoms. The van der Waals surface area contributed by atoms with Crippen molar-refractivity contribution in [1.82, 2.24) is 19.3 Å². The predicted molar refractivity (Wildman–Crippen MR) is 129 cm³/mol. The normalized spacial score (nSPS) is 15.0. The highest BCUT2D eigenvalue weighted by atomic mass is 32.2. The van der Waals surface area contributed by atoms with Crippen LogP contribution in [0.15, 0.2) is 51.9 Å². The Morgan fingerprint density at radius 2 is 1.74 bits per heavy atom. The molecular formula is C25H30N4O4S. The monoisotopic (exact) mass is 482 g/mol. The zero-order valence-corrected chi connectivity index (χ0v) is 20.6. The van der Waals surface area contributed by atoms with Gasteiger partial charge in [0.05, 0.1) is 4.90 Å². The summed E-state index contributed by atoms with van der Waals surface area (Å²) in [5.74, 6) is 0.880. The number of amides is 1. The van der Waals surface area contributed by atoms with Crippen LogP contribution in [-0.2, 0) is 27.7 Å². The number of carbonyl (C=O) groups is 1. The lowest BCUT2D eigenvalue weighted by Crippen LogP contribution is -2.50. The second kappa shape index (κ2) is 10.1. The third-order valence-corrected chi connectivity index (χ3v) is 8.23. The van der Waals surface area contributed by atoms with E-state index in [0.717, 1.165) is 23.1 Å². The van der Waals surface area contributed by atoms with Crippen molar-refractivity contribution in [2.45, 2.75) is 44.9 Å². The van der Waals surface area contributed by atoms with Gasteiger partial charge in [0.1, 0.15) is 0 Å². The molecule has 1 aromatic heterocycles. The number of nitrogens with zero attached hydrogens (tertiary/aromatic N) is 4. The summed E-state index contributed by atoms with van der Waals surface area (Å²) in [6, 6.07) is 13.4. The van der Waals surface area contributed by atoms with Gasteiger partial charge < -0.3 is 9.42 Å². The van der Waals surface area contributed by atoms with Gasteiger partial charge in [-0.2, -0.15) is 9.29 Å². The highest BCUT2D eigenvalue weighted by Gasteiger charge is 2.31. The number of carbonyl (C=O) groups excluding carboxylic acids is 1. The lowest BCUT2D eigenvalue weighted by Gasteiger charge is -2.34. The van der Waals surface area contributed by atoms with Crippen LogP contribution in [0.3, 0.4) is 0 Å². The zero-order valence-electron chi connectivity index (χ0n) is 19.8. The molecule has 0 bridgehead atoms. The molecular weight excluding hydrogens is 452 g/mol. The molecule has 4 rings (SSSR count). The van der Waals surface area contributed by atoms with E-state index in [1.165, 1.54) is 9.87 Å². The molecule has 0 atom stereocenters. The second-order valence-corrected chi connectivity index (χ2v) is 10.5. The van der Waals surface area contributed by atoms with E-state index in [-0.39, 0.29) is 25.4 Å². The summed E-state index contributed by atoms with van der Waals surface area (Å²) in [5, 5.41) is 4.03. The maximum atomic E-state index is 13.1. The Hall–Kier alpha value is -3.04. The van der Waals surface area contributed by atoms with E-state index in [1.54, 1.807) is 17.9 Å². The summed E-state index contributed by atoms with van der Waals surface area (Å²) in [4.78, 5) is 19.2. The lowest BCUT2D eigenvalue weighted by molar-refractivity contribution is -0.132. The lowest BCUT2D eigenvalue weighted by atomic mass is 10.1. The van der Waals surface area contributed by atoms with Crippen LogP contribution in [0.4, 0.5) is 0 Å². The van der Waals surface area contributed by atoms with Crippen LogP contribution in [0.2, 0.25) is 0 Å². The fourth-order valence-electron chi connectivity index (χ4n) is 4.04. The fourth-order valence-corrected chi connectivity index (χ4v) is 5.77. The largest absolute Gasteiger partial charge is 0.340 e. The van der Waals surface area contributed by atoms with E-state index in [0.29, 0.717) is 36.1 Å². The maximum absolute atomic E-state index is 13.1. The summed E-state index contributed by atoms with van der Waals surface area (Å²) in [6.07, 6.45) is 1.55. The van der Waals surface area contributed by atoms with E-state index >= 15 is 0 Å². The first-order valence-corrected chi connectivity index (χ1v) is 13.0. The molecule has 180 valence electrons. The molecule has 0 saturated carbocycles. The van der Waals surface area contributed by atoms with Gasteiger partial charge in [0.2, 0.25) is 27.6 Å². The third kappa shape index (κ3) is 5.20. The summed E-state index contributed by atoms with van der Waals surface area (Å²) >= 11 is 0. The molecule has 34 heavy (non-hydrogen) atoms. The molecule has 1 fully saturated rings. The first kappa shape index (κ1) is 24.1. The van der Waals surface area contributed by atoms with Crippen molar-refractivity contribution in [3.63, 3.8) is 0 Å². The molecule has 2 heterocycles. The number of aromatic nitrogens is 2. The molecule has 1 aliphatic rings. The molecule has 0 aliphatic carbocycles. The minimum absolute atomic E-state index is 0.0455. The van der Waals surface area contributed by atoms with Gasteiger partial charge in [-0.1, -0.05) is 48.5 Å². The Morgan fingerprint density at radius 3 is 2.41 bits per heavy atom. The van der Waals surface area contributed by atoms with Crippen LogP contribution in [0.25, 0.3) is 11.4 Å². The highest BCUT2D eigenvalue weighted by Crippen LogP contribution is 2.23. The predicted octanol–water partition coefficient (Wildman–Crippen LogP) is 3.38. The topological polar surface area (TPSA) is 96.6 Å². The molecule has 8 nitrogen and oxygen atoms in total. The highest BCUT2D eigenvalue weighted by molar-refractivity contribution is 7.89. The van der Waals surface area contributed by atoms with Gasteiger partial charge in [0, 0.05) is 44.6 Å². The first-order chi connectivity index (χ1) is 16.3. The first-order valence-electron chi connectivity index (χ1n) is 11.5. The van der Waals surface area contributed by atoms with E-state index in [1.807, 2.05) is 43.3 Å². The Bertz CT molecular complexity index is 1260. The number of aryl methyl sites for hydroxylation is 4. The van der Waals surface area contributed by atoms with Crippen LogP contribution in [0.1, 0.15) is 35.9 Å². The minimum atomic E-state index is -3.59. The molecule has 1 amide bonds. The molecule has 0 unspecified atom stereocenters. The van der Waals surface area contributed by atoms with Gasteiger partial charge in [-0.25, -0.2) is 8.42 Å². The second-order valence-electron chi connectivity index (χ2n) is 8.62. The number of benzene rings is 2. The van der Waals surface area contributed by atoms with Crippen molar-refractivity contribution in [2.75, 3.05) is 26.2 Å². The molecule has 1 aliphatic heterocycles. The van der Waals surface area contributed by atoms with Gasteiger partial charge >= 0.3 is 0 Å². The molecule has 0 radical (unpaired) electrons. The summed E-state index contributed by atoms with van der Waals surface area (Å²) in [5.41, 5.74) is 3.74. The van der Waals surface area contributed by atoms with Gasteiger partial charge in [-0.3, -0.25) is 4.79 Å². The van der Waals surface area contributed by atoms with E-state index in [4.69, 9.17) is 4.52 Å². The minimum Gasteiger partial charge on any atom is -0.340 e. The van der Waals surface area contributed by atoms with Crippen molar-refractivity contribution in [3.8, 4) is 11.4 Å². The van der Waals surface area contributed by atoms with Gasteiger partial charge in [-0.15, -0.1) is 0 Å². The Balaban J connectivity index is 1.31. The Labute approximate surface area is 200 Å². The van der Waals surface area contributed by atoms with E-state index < -0.39 is 10.0 Å². The quantitative estimate of drug-likeness (QED) is 0.512. The third-order valence-electron chi connectivity index (χ3n) is 6.19. The van der Waals surface area contributed by atoms with Crippen LogP contribution >= 0.6 is 0 Å². The number of sulfonamides is 1. The van der Waals surface area contributed by atoms with E-state index in [2.05, 4.69) is 17.1 Å². The van der Waals surface area contributed by atoms with Crippen LogP contribution in [-0.4, -0.2) is 59.8 Å². The van der Waals surface area contributed by atoms with Gasteiger partial charge in [0.15, 0.2) is 0 Å². The summed E-state index contributed by atoms with van der Waals surface area (Å²) < 4.78 is 33.0. The molecule has 1 saturated heterocycles. The molecule has 0 spiro atoms. The number of piperazine rings is 1. The van der Waals surface area contributed by atoms with Crippen LogP contribution < -0.4 is 0 Å². The molecule has 0 N–H and O–H groups in total. The van der Waals surface area contributed by atoms with Crippen LogP contribution in [0, 0.1) is 13.8 Å². The van der Waals surface area contributed by atoms with Crippen molar-refractivity contribution in [3.05, 3.63) is 65.0 Å². The fraction of sp³-hybridized carbons (Fsp3) is 0.400. The van der Waals surface area contributed by atoms with Crippen molar-refractivity contribution in [2.24, 2.45) is 0 Å². The summed E-state index contributed by atoms with van der Waals surface area (Å²) in [6.45, 7) is 7.06. The average molecular weight is 483 g/mol. The maximum Gasteiger partial charge on any atom is 0.243 e. The van der Waals surface area contributed by atoms with Crippen molar-refractivity contribution < 1.29 is 17.7 Å². The Kier molecular flexibility index (Phi) is 7.13. The Morgan fingerprint density at radius 1 is 1.03 bits per heavy atom. The zero-order chi connectivity index (χ0) is 24.3. The number of hydrogen-bond donors (Lipinski definition) is 0. The van der Waals surface area contributed by atoms with E-state index in [9.17, 15) is 13.2 Å².